The Hall–Kier alpha value is -4.42. The van der Waals surface area contributed by atoms with Crippen LogP contribution < -0.4 is 4.74 Å². The van der Waals surface area contributed by atoms with Crippen LogP contribution in [0, 0.1) is 17.2 Å². The number of imidazole rings is 2. The number of allylic oxidation sites excluding steroid dienone is 2. The van der Waals surface area contributed by atoms with Gasteiger partial charge in [0.05, 0.1) is 49.8 Å². The number of halogens is 1. The molecule has 9 heteroatoms. The maximum absolute atomic E-state index is 14.0. The van der Waals surface area contributed by atoms with E-state index >= 15 is 0 Å². The highest BCUT2D eigenvalue weighted by atomic mass is 79.9. The Morgan fingerprint density at radius 2 is 2.02 bits per heavy atom. The van der Waals surface area contributed by atoms with E-state index < -0.39 is 0 Å². The molecule has 4 aromatic rings. The number of nitrogens with zero attached hydrogens (tertiary/aromatic N) is 6. The molecule has 2 atom stereocenters. The number of benzene rings is 2. The summed E-state index contributed by atoms with van der Waals surface area (Å²) in [5.41, 5.74) is 4.25. The zero-order valence-electron chi connectivity index (χ0n) is 21.9. The second-order valence-corrected chi connectivity index (χ2v) is 10.9. The highest BCUT2D eigenvalue weighted by molar-refractivity contribution is 9.11. The van der Waals surface area contributed by atoms with Crippen molar-refractivity contribution in [3.63, 3.8) is 0 Å². The van der Waals surface area contributed by atoms with E-state index in [9.17, 15) is 4.79 Å². The fourth-order valence-corrected chi connectivity index (χ4v) is 5.92. The van der Waals surface area contributed by atoms with Crippen LogP contribution in [0.1, 0.15) is 22.6 Å². The quantitative estimate of drug-likeness (QED) is 0.310. The molecule has 1 aliphatic heterocycles. The Balaban J connectivity index is 1.28. The van der Waals surface area contributed by atoms with Crippen molar-refractivity contribution in [2.75, 3.05) is 7.11 Å². The van der Waals surface area contributed by atoms with E-state index in [0.29, 0.717) is 25.2 Å². The van der Waals surface area contributed by atoms with Gasteiger partial charge in [0.15, 0.2) is 0 Å². The van der Waals surface area contributed by atoms with Crippen molar-refractivity contribution in [2.24, 2.45) is 5.92 Å². The van der Waals surface area contributed by atoms with Crippen molar-refractivity contribution in [1.29, 1.82) is 5.26 Å². The second kappa shape index (κ2) is 11.0. The molecule has 0 saturated carbocycles. The summed E-state index contributed by atoms with van der Waals surface area (Å²) in [4.78, 5) is 25.2. The predicted molar refractivity (Wildman–Crippen MR) is 154 cm³/mol. The third-order valence-corrected chi connectivity index (χ3v) is 8.00. The monoisotopic (exact) mass is 594 g/mol. The second-order valence-electron chi connectivity index (χ2n) is 9.98. The van der Waals surface area contributed by atoms with Crippen LogP contribution in [0.2, 0.25) is 0 Å². The Kier molecular flexibility index (Phi) is 7.10. The van der Waals surface area contributed by atoms with E-state index in [1.54, 1.807) is 31.8 Å². The van der Waals surface area contributed by atoms with Crippen LogP contribution in [0.15, 0.2) is 90.0 Å². The zero-order valence-corrected chi connectivity index (χ0v) is 23.5. The average Bonchev–Trinajstić information content (AvgIpc) is 3.55. The third-order valence-electron chi connectivity index (χ3n) is 7.47. The van der Waals surface area contributed by atoms with Gasteiger partial charge in [-0.05, 0) is 29.8 Å². The van der Waals surface area contributed by atoms with Crippen molar-refractivity contribution in [1.82, 2.24) is 24.0 Å². The summed E-state index contributed by atoms with van der Waals surface area (Å²) in [6, 6.07) is 17.4. The van der Waals surface area contributed by atoms with Gasteiger partial charge in [-0.1, -0.05) is 58.4 Å². The summed E-state index contributed by atoms with van der Waals surface area (Å²) in [6.07, 6.45) is 12.1. The Labute approximate surface area is 241 Å². The number of hydrogen-bond acceptors (Lipinski definition) is 5. The van der Waals surface area contributed by atoms with Crippen LogP contribution in [0.5, 0.6) is 5.75 Å². The fraction of sp³-hybridized carbons (Fsp3) is 0.226. The van der Waals surface area contributed by atoms with Gasteiger partial charge in [-0.15, -0.1) is 0 Å². The lowest BCUT2D eigenvalue weighted by atomic mass is 9.93. The first kappa shape index (κ1) is 25.8. The molecule has 200 valence electrons. The van der Waals surface area contributed by atoms with E-state index in [0.717, 1.165) is 38.6 Å². The molecule has 0 bridgehead atoms. The molecule has 0 spiro atoms. The zero-order chi connectivity index (χ0) is 27.6. The molecule has 40 heavy (non-hydrogen) atoms. The summed E-state index contributed by atoms with van der Waals surface area (Å²) in [5.74, 6) is 1.71. The number of amides is 1. The van der Waals surface area contributed by atoms with Crippen LogP contribution >= 0.6 is 15.9 Å². The topological polar surface area (TPSA) is 89.0 Å². The van der Waals surface area contributed by atoms with Gasteiger partial charge in [0.1, 0.15) is 11.6 Å². The predicted octanol–water partition coefficient (Wildman–Crippen LogP) is 5.09. The van der Waals surface area contributed by atoms with Gasteiger partial charge in [0, 0.05) is 47.1 Å². The first-order valence-electron chi connectivity index (χ1n) is 13.0. The maximum Gasteiger partial charge on any atom is 0.229 e. The van der Waals surface area contributed by atoms with Crippen molar-refractivity contribution in [3.05, 3.63) is 113 Å². The minimum absolute atomic E-state index is 0.0166. The van der Waals surface area contributed by atoms with E-state index in [4.69, 9.17) is 15.0 Å². The molecule has 6 rings (SSSR count). The number of aromatic nitrogens is 4. The van der Waals surface area contributed by atoms with E-state index in [1.807, 2.05) is 51.9 Å². The molecule has 2 aromatic carbocycles. The maximum atomic E-state index is 14.0. The van der Waals surface area contributed by atoms with Gasteiger partial charge in [-0.3, -0.25) is 4.79 Å². The highest BCUT2D eigenvalue weighted by Crippen LogP contribution is 2.34. The van der Waals surface area contributed by atoms with Crippen LogP contribution in [0.25, 0.3) is 11.3 Å². The number of rotatable bonds is 6. The Morgan fingerprint density at radius 3 is 2.83 bits per heavy atom. The minimum Gasteiger partial charge on any atom is -0.496 e. The molecule has 1 amide bonds. The fourth-order valence-electron chi connectivity index (χ4n) is 5.43. The standard InChI is InChI=1S/C31H27BrN6O2/c1-40-29-5-3-2-4-26(29)27-18-36-17-23-12-24(32)10-11-28(23)38(19-30(36)35-27)31(39)13-25-15-34-20-37(25)16-22-8-6-21(14-33)7-9-22/h2-12,15,18,20,23,28H,13,16-17,19H2,1H3. The number of hydrogen-bond donors (Lipinski definition) is 0. The largest absolute Gasteiger partial charge is 0.496 e. The number of carbonyl (C=O) groups excluding carboxylic acids is 1. The van der Waals surface area contributed by atoms with Crippen molar-refractivity contribution < 1.29 is 9.53 Å². The van der Waals surface area contributed by atoms with Crippen molar-refractivity contribution in [2.45, 2.75) is 32.1 Å². The number of fused-ring (bicyclic) bond motifs is 2. The van der Waals surface area contributed by atoms with E-state index in [1.165, 1.54) is 0 Å². The van der Waals surface area contributed by atoms with Crippen molar-refractivity contribution in [3.8, 4) is 23.1 Å². The highest BCUT2D eigenvalue weighted by Gasteiger charge is 2.35. The van der Waals surface area contributed by atoms with Crippen LogP contribution in [-0.2, 0) is 30.8 Å². The molecule has 0 radical (unpaired) electrons. The summed E-state index contributed by atoms with van der Waals surface area (Å²) in [7, 11) is 1.66. The molecule has 2 aromatic heterocycles. The summed E-state index contributed by atoms with van der Waals surface area (Å²) < 4.78 is 10.7. The van der Waals surface area contributed by atoms with Gasteiger partial charge < -0.3 is 18.8 Å². The number of para-hydroxylation sites is 1. The normalized spacial score (nSPS) is 17.8. The smallest absolute Gasteiger partial charge is 0.229 e. The molecule has 0 saturated heterocycles. The lowest BCUT2D eigenvalue weighted by Gasteiger charge is -2.33. The lowest BCUT2D eigenvalue weighted by molar-refractivity contribution is -0.133. The Morgan fingerprint density at radius 1 is 1.20 bits per heavy atom. The van der Waals surface area contributed by atoms with Gasteiger partial charge in [0.2, 0.25) is 5.91 Å². The number of nitriles is 1. The molecular weight excluding hydrogens is 568 g/mol. The first-order chi connectivity index (χ1) is 19.5. The van der Waals surface area contributed by atoms with Gasteiger partial charge >= 0.3 is 0 Å². The summed E-state index contributed by atoms with van der Waals surface area (Å²) >= 11 is 3.63. The first-order valence-corrected chi connectivity index (χ1v) is 13.8. The minimum atomic E-state index is -0.0832. The van der Waals surface area contributed by atoms with Crippen LogP contribution in [0.4, 0.5) is 0 Å². The number of methoxy groups -OCH3 is 1. The van der Waals surface area contributed by atoms with Gasteiger partial charge in [0.25, 0.3) is 0 Å². The number of carbonyl (C=O) groups is 1. The summed E-state index contributed by atoms with van der Waals surface area (Å²) in [5, 5.41) is 9.08. The van der Waals surface area contributed by atoms with E-state index in [-0.39, 0.29) is 24.3 Å². The van der Waals surface area contributed by atoms with Crippen LogP contribution in [0.3, 0.4) is 0 Å². The van der Waals surface area contributed by atoms with Crippen molar-refractivity contribution >= 4 is 21.8 Å². The molecule has 3 heterocycles. The molecule has 8 nitrogen and oxygen atoms in total. The third kappa shape index (κ3) is 5.10. The van der Waals surface area contributed by atoms with Gasteiger partial charge in [-0.2, -0.15) is 5.26 Å². The molecule has 0 fully saturated rings. The Bertz CT molecular complexity index is 1660. The summed E-state index contributed by atoms with van der Waals surface area (Å²) in [6.45, 7) is 1.68. The number of ether oxygens (including phenoxy) is 1. The van der Waals surface area contributed by atoms with Crippen LogP contribution in [-0.4, -0.2) is 43.1 Å². The molecule has 2 aliphatic rings. The molecule has 1 aliphatic carbocycles. The molecule has 2 unspecified atom stereocenters. The van der Waals surface area contributed by atoms with Gasteiger partial charge in [-0.25, -0.2) is 9.97 Å². The molecule has 0 N–H and O–H groups in total. The lowest BCUT2D eigenvalue weighted by Crippen LogP contribution is -2.43. The average molecular weight is 596 g/mol. The SMILES string of the molecule is COc1ccccc1-c1cn2c(n1)CN(C(=O)Cc1cncn1Cc1ccc(C#N)cc1)C1C=CC(Br)=CC1C2. The van der Waals surface area contributed by atoms with E-state index in [2.05, 4.69) is 49.9 Å². The molecular formula is C31H27BrN6O2.